The lowest BCUT2D eigenvalue weighted by molar-refractivity contribution is -0.384. The Morgan fingerprint density at radius 2 is 2.12 bits per heavy atom. The molecule has 8 heteroatoms. The van der Waals surface area contributed by atoms with Gasteiger partial charge in [-0.25, -0.2) is 0 Å². The molecule has 0 amide bonds. The topological polar surface area (TPSA) is 86.5 Å². The second-order valence-electron chi connectivity index (χ2n) is 3.31. The first kappa shape index (κ1) is 14.1. The van der Waals surface area contributed by atoms with E-state index in [-0.39, 0.29) is 12.3 Å². The number of nitro groups is 1. The zero-order chi connectivity index (χ0) is 13.1. The largest absolute Gasteiger partial charge is 0.270 e. The monoisotopic (exact) mass is 323 g/mol. The van der Waals surface area contributed by atoms with Gasteiger partial charge >= 0.3 is 0 Å². The molecule has 0 heterocycles. The van der Waals surface area contributed by atoms with Gasteiger partial charge in [0.1, 0.15) is 0 Å². The Balaban J connectivity index is 2.70. The van der Waals surface area contributed by atoms with Crippen molar-refractivity contribution in [3.05, 3.63) is 38.3 Å². The Hall–Kier alpha value is -0.990. The summed E-state index contributed by atoms with van der Waals surface area (Å²) in [5.74, 6) is 0. The number of non-ortho nitro benzene ring substituents is 1. The first-order valence-corrected chi connectivity index (χ1v) is 7.18. The second kappa shape index (κ2) is 5.56. The molecule has 0 fully saturated rings. The van der Waals surface area contributed by atoms with Crippen molar-refractivity contribution in [1.82, 2.24) is 0 Å². The molecule has 0 bridgehead atoms. The zero-order valence-electron chi connectivity index (χ0n) is 8.92. The summed E-state index contributed by atoms with van der Waals surface area (Å²) in [5.41, 5.74) is 0.726. The molecule has 0 N–H and O–H groups in total. The van der Waals surface area contributed by atoms with Crippen LogP contribution in [0.4, 0.5) is 5.69 Å². The van der Waals surface area contributed by atoms with Crippen LogP contribution in [0.1, 0.15) is 5.56 Å². The summed E-state index contributed by atoms with van der Waals surface area (Å²) in [5, 5.41) is 10.5. The minimum Gasteiger partial charge on any atom is -0.270 e. The Labute approximate surface area is 107 Å². The molecule has 0 aliphatic rings. The summed E-state index contributed by atoms with van der Waals surface area (Å²) in [6.45, 7) is 0.00917. The number of nitro benzene ring substituents is 1. The van der Waals surface area contributed by atoms with Gasteiger partial charge in [0.2, 0.25) is 0 Å². The van der Waals surface area contributed by atoms with E-state index < -0.39 is 15.0 Å². The van der Waals surface area contributed by atoms with Gasteiger partial charge in [0, 0.05) is 16.6 Å². The summed E-state index contributed by atoms with van der Waals surface area (Å²) in [4.78, 5) is 9.99. The van der Waals surface area contributed by atoms with E-state index in [1.165, 1.54) is 12.1 Å². The molecule has 0 unspecified atom stereocenters. The van der Waals surface area contributed by atoms with Crippen LogP contribution in [0.5, 0.6) is 0 Å². The maximum absolute atomic E-state index is 10.7. The SMILES string of the molecule is CS(=O)(=O)OCCc1ccc([N+](=O)[O-])cc1Br. The minimum atomic E-state index is -3.45. The molecule has 94 valence electrons. The minimum absolute atomic E-state index is 0.00917. The van der Waals surface area contributed by atoms with Crippen LogP contribution in [0, 0.1) is 10.1 Å². The average Bonchev–Trinajstić information content (AvgIpc) is 2.18. The van der Waals surface area contributed by atoms with Crippen LogP contribution in [0.2, 0.25) is 0 Å². The van der Waals surface area contributed by atoms with Gasteiger partial charge in [0.05, 0.1) is 17.8 Å². The summed E-state index contributed by atoms with van der Waals surface area (Å²) < 4.78 is 26.6. The first-order valence-electron chi connectivity index (χ1n) is 4.57. The lowest BCUT2D eigenvalue weighted by atomic mass is 10.1. The molecule has 0 saturated heterocycles. The van der Waals surface area contributed by atoms with Crippen LogP contribution in [0.25, 0.3) is 0 Å². The van der Waals surface area contributed by atoms with Crippen molar-refractivity contribution in [2.75, 3.05) is 12.9 Å². The third-order valence-corrected chi connectivity index (χ3v) is 3.25. The van der Waals surface area contributed by atoms with Gasteiger partial charge in [-0.1, -0.05) is 22.0 Å². The van der Waals surface area contributed by atoms with Crippen LogP contribution < -0.4 is 0 Å². The average molecular weight is 324 g/mol. The molecule has 1 aromatic carbocycles. The summed E-state index contributed by atoms with van der Waals surface area (Å²) in [7, 11) is -3.45. The van der Waals surface area contributed by atoms with E-state index in [1.54, 1.807) is 6.07 Å². The molecule has 17 heavy (non-hydrogen) atoms. The van der Waals surface area contributed by atoms with Crippen molar-refractivity contribution in [2.24, 2.45) is 0 Å². The molecule has 0 radical (unpaired) electrons. The Kier molecular flexibility index (Phi) is 4.61. The fourth-order valence-corrected chi connectivity index (χ4v) is 2.11. The first-order chi connectivity index (χ1) is 7.79. The third kappa shape index (κ3) is 4.80. The van der Waals surface area contributed by atoms with Crippen LogP contribution in [0.3, 0.4) is 0 Å². The van der Waals surface area contributed by atoms with Crippen molar-refractivity contribution in [3.8, 4) is 0 Å². The van der Waals surface area contributed by atoms with Gasteiger partial charge in [-0.15, -0.1) is 0 Å². The van der Waals surface area contributed by atoms with Crippen molar-refractivity contribution in [2.45, 2.75) is 6.42 Å². The Morgan fingerprint density at radius 3 is 2.59 bits per heavy atom. The summed E-state index contributed by atoms with van der Waals surface area (Å²) in [6, 6.07) is 4.30. The van der Waals surface area contributed by atoms with E-state index >= 15 is 0 Å². The third-order valence-electron chi connectivity index (χ3n) is 1.92. The van der Waals surface area contributed by atoms with Crippen molar-refractivity contribution in [3.63, 3.8) is 0 Å². The molecule has 0 aromatic heterocycles. The predicted octanol–water partition coefficient (Wildman–Crippen LogP) is 1.88. The predicted molar refractivity (Wildman–Crippen MR) is 65.3 cm³/mol. The molecule has 0 atom stereocenters. The Bertz CT molecular complexity index is 528. The van der Waals surface area contributed by atoms with Gasteiger partial charge in [-0.2, -0.15) is 8.42 Å². The van der Waals surface area contributed by atoms with Crippen LogP contribution in [-0.2, 0) is 20.7 Å². The highest BCUT2D eigenvalue weighted by atomic mass is 79.9. The molecular weight excluding hydrogens is 314 g/mol. The van der Waals surface area contributed by atoms with Crippen molar-refractivity contribution in [1.29, 1.82) is 0 Å². The van der Waals surface area contributed by atoms with Gasteiger partial charge in [0.25, 0.3) is 15.8 Å². The van der Waals surface area contributed by atoms with Crippen LogP contribution in [-0.4, -0.2) is 26.2 Å². The number of halogens is 1. The van der Waals surface area contributed by atoms with Gasteiger partial charge in [-0.05, 0) is 12.0 Å². The number of hydrogen-bond donors (Lipinski definition) is 0. The van der Waals surface area contributed by atoms with Gasteiger partial charge in [-0.3, -0.25) is 14.3 Å². The van der Waals surface area contributed by atoms with E-state index in [4.69, 9.17) is 0 Å². The molecule has 0 aliphatic carbocycles. The lowest BCUT2D eigenvalue weighted by Crippen LogP contribution is -2.06. The molecule has 0 aliphatic heterocycles. The Morgan fingerprint density at radius 1 is 1.47 bits per heavy atom. The lowest BCUT2D eigenvalue weighted by Gasteiger charge is -2.04. The molecule has 0 saturated carbocycles. The van der Waals surface area contributed by atoms with Crippen LogP contribution >= 0.6 is 15.9 Å². The number of benzene rings is 1. The van der Waals surface area contributed by atoms with E-state index in [0.29, 0.717) is 10.9 Å². The smallest absolute Gasteiger partial charge is 0.270 e. The molecule has 1 rings (SSSR count). The number of rotatable bonds is 5. The molecule has 1 aromatic rings. The fraction of sp³-hybridized carbons (Fsp3) is 0.333. The maximum Gasteiger partial charge on any atom is 0.270 e. The highest BCUT2D eigenvalue weighted by Crippen LogP contribution is 2.23. The molecule has 6 nitrogen and oxygen atoms in total. The maximum atomic E-state index is 10.7. The van der Waals surface area contributed by atoms with Gasteiger partial charge < -0.3 is 0 Å². The van der Waals surface area contributed by atoms with E-state index in [2.05, 4.69) is 20.1 Å². The van der Waals surface area contributed by atoms with Crippen molar-refractivity contribution >= 4 is 31.7 Å². The van der Waals surface area contributed by atoms with E-state index in [1.807, 2.05) is 0 Å². The molecular formula is C9H10BrNO5S. The standard InChI is InChI=1S/C9H10BrNO5S/c1-17(14,15)16-5-4-7-2-3-8(11(12)13)6-9(7)10/h2-3,6H,4-5H2,1H3. The van der Waals surface area contributed by atoms with E-state index in [0.717, 1.165) is 11.8 Å². The highest BCUT2D eigenvalue weighted by Gasteiger charge is 2.09. The fourth-order valence-electron chi connectivity index (χ4n) is 1.16. The van der Waals surface area contributed by atoms with E-state index in [9.17, 15) is 18.5 Å². The zero-order valence-corrected chi connectivity index (χ0v) is 11.3. The molecule has 0 spiro atoms. The summed E-state index contributed by atoms with van der Waals surface area (Å²) >= 11 is 3.19. The van der Waals surface area contributed by atoms with Crippen LogP contribution in [0.15, 0.2) is 22.7 Å². The number of nitrogens with zero attached hydrogens (tertiary/aromatic N) is 1. The quantitative estimate of drug-likeness (QED) is 0.469. The second-order valence-corrected chi connectivity index (χ2v) is 5.81. The normalized spacial score (nSPS) is 11.4. The van der Waals surface area contributed by atoms with Crippen molar-refractivity contribution < 1.29 is 17.5 Å². The highest BCUT2D eigenvalue weighted by molar-refractivity contribution is 9.10. The number of hydrogen-bond acceptors (Lipinski definition) is 5. The van der Waals surface area contributed by atoms with Gasteiger partial charge in [0.15, 0.2) is 0 Å². The summed E-state index contributed by atoms with van der Waals surface area (Å²) in [6.07, 6.45) is 1.32.